The first kappa shape index (κ1) is 11.4. The summed E-state index contributed by atoms with van der Waals surface area (Å²) in [6, 6.07) is 8.09. The second kappa shape index (κ2) is 4.80. The van der Waals surface area contributed by atoms with E-state index in [9.17, 15) is 4.39 Å². The Hall–Kier alpha value is -1.13. The number of pyridine rings is 1. The number of nitrogens with zero attached hydrogens (tertiary/aromatic N) is 1. The lowest BCUT2D eigenvalue weighted by Crippen LogP contribution is -1.97. The Morgan fingerprint density at radius 2 is 2.06 bits per heavy atom. The minimum absolute atomic E-state index is 0.226. The molecule has 1 aromatic carbocycles. The van der Waals surface area contributed by atoms with Crippen LogP contribution in [-0.2, 0) is 0 Å². The van der Waals surface area contributed by atoms with Gasteiger partial charge in [-0.25, -0.2) is 9.37 Å². The molecule has 82 valence electrons. The third-order valence-corrected chi connectivity index (χ3v) is 2.92. The fraction of sp³-hybridized carbons (Fsp3) is 0. The number of hydrogen-bond donors (Lipinski definition) is 1. The van der Waals surface area contributed by atoms with E-state index in [0.29, 0.717) is 10.8 Å². The van der Waals surface area contributed by atoms with E-state index in [2.05, 4.69) is 26.2 Å². The molecule has 0 saturated carbocycles. The van der Waals surface area contributed by atoms with Crippen LogP contribution < -0.4 is 5.32 Å². The highest BCUT2D eigenvalue weighted by Crippen LogP contribution is 2.30. The molecule has 0 unspecified atom stereocenters. The lowest BCUT2D eigenvalue weighted by atomic mass is 10.3. The number of anilines is 2. The Kier molecular flexibility index (Phi) is 3.41. The van der Waals surface area contributed by atoms with Crippen LogP contribution in [0.25, 0.3) is 0 Å². The molecule has 0 aliphatic rings. The molecule has 0 radical (unpaired) electrons. The van der Waals surface area contributed by atoms with Gasteiger partial charge in [0.1, 0.15) is 11.6 Å². The first-order valence-electron chi connectivity index (χ1n) is 4.50. The van der Waals surface area contributed by atoms with Crippen molar-refractivity contribution in [1.82, 2.24) is 4.98 Å². The highest BCUT2D eigenvalue weighted by Gasteiger charge is 2.08. The van der Waals surface area contributed by atoms with Crippen LogP contribution in [0.1, 0.15) is 0 Å². The first-order chi connectivity index (χ1) is 7.68. The molecule has 0 fully saturated rings. The largest absolute Gasteiger partial charge is 0.336 e. The molecule has 2 aromatic rings. The van der Waals surface area contributed by atoms with Crippen LogP contribution in [0.5, 0.6) is 0 Å². The number of para-hydroxylation sites is 1. The summed E-state index contributed by atoms with van der Waals surface area (Å²) >= 11 is 9.20. The molecule has 0 aliphatic carbocycles. The molecule has 1 aromatic heterocycles. The number of hydrogen-bond acceptors (Lipinski definition) is 2. The van der Waals surface area contributed by atoms with Crippen LogP contribution in [0.4, 0.5) is 15.9 Å². The van der Waals surface area contributed by atoms with E-state index in [1.165, 1.54) is 6.07 Å². The van der Waals surface area contributed by atoms with Crippen molar-refractivity contribution in [2.45, 2.75) is 0 Å². The van der Waals surface area contributed by atoms with Crippen LogP contribution in [0.2, 0.25) is 5.02 Å². The minimum Gasteiger partial charge on any atom is -0.336 e. The first-order valence-corrected chi connectivity index (χ1v) is 5.67. The quantitative estimate of drug-likeness (QED) is 0.890. The van der Waals surface area contributed by atoms with Gasteiger partial charge in [0.15, 0.2) is 0 Å². The monoisotopic (exact) mass is 300 g/mol. The molecule has 1 heterocycles. The zero-order valence-corrected chi connectivity index (χ0v) is 10.4. The van der Waals surface area contributed by atoms with E-state index in [1.807, 2.05) is 6.07 Å². The third kappa shape index (κ3) is 2.33. The maximum absolute atomic E-state index is 13.5. The topological polar surface area (TPSA) is 24.9 Å². The fourth-order valence-electron chi connectivity index (χ4n) is 1.21. The number of rotatable bonds is 2. The maximum atomic E-state index is 13.5. The zero-order chi connectivity index (χ0) is 11.5. The van der Waals surface area contributed by atoms with Crippen molar-refractivity contribution in [1.29, 1.82) is 0 Å². The van der Waals surface area contributed by atoms with Gasteiger partial charge in [0.05, 0.1) is 15.2 Å². The normalized spacial score (nSPS) is 10.2. The Morgan fingerprint density at radius 1 is 1.25 bits per heavy atom. The highest BCUT2D eigenvalue weighted by atomic mass is 79.9. The second-order valence-corrected chi connectivity index (χ2v) is 4.32. The number of benzene rings is 1. The van der Waals surface area contributed by atoms with Crippen molar-refractivity contribution in [2.24, 2.45) is 0 Å². The molecular weight excluding hydrogens is 294 g/mol. The molecule has 0 bridgehead atoms. The van der Waals surface area contributed by atoms with Gasteiger partial charge in [-0.2, -0.15) is 0 Å². The summed E-state index contributed by atoms with van der Waals surface area (Å²) in [7, 11) is 0. The summed E-state index contributed by atoms with van der Waals surface area (Å²) in [6.45, 7) is 0. The number of nitrogens with one attached hydrogen (secondary N) is 1. The molecule has 0 amide bonds. The number of aromatic nitrogens is 1. The predicted molar refractivity (Wildman–Crippen MR) is 66.6 cm³/mol. The number of halogens is 3. The van der Waals surface area contributed by atoms with E-state index in [1.54, 1.807) is 24.4 Å². The summed E-state index contributed by atoms with van der Waals surface area (Å²) in [5.41, 5.74) is 0.226. The summed E-state index contributed by atoms with van der Waals surface area (Å²) < 4.78 is 14.2. The summed E-state index contributed by atoms with van der Waals surface area (Å²) in [4.78, 5) is 4.07. The zero-order valence-electron chi connectivity index (χ0n) is 8.05. The van der Waals surface area contributed by atoms with Crippen LogP contribution >= 0.6 is 27.5 Å². The summed E-state index contributed by atoms with van der Waals surface area (Å²) in [5, 5.41) is 3.16. The molecule has 2 nitrogen and oxygen atoms in total. The molecule has 0 spiro atoms. The van der Waals surface area contributed by atoms with Gasteiger partial charge in [-0.3, -0.25) is 0 Å². The molecule has 0 aliphatic heterocycles. The van der Waals surface area contributed by atoms with Gasteiger partial charge in [0, 0.05) is 6.20 Å². The standard InChI is InChI=1S/C11H7BrClFN2/c12-7-3-2-6-15-11(7)16-10-8(13)4-1-5-9(10)14/h1-6H,(H,15,16). The van der Waals surface area contributed by atoms with E-state index in [0.717, 1.165) is 4.47 Å². The van der Waals surface area contributed by atoms with E-state index >= 15 is 0 Å². The van der Waals surface area contributed by atoms with E-state index in [4.69, 9.17) is 11.6 Å². The molecule has 16 heavy (non-hydrogen) atoms. The predicted octanol–water partition coefficient (Wildman–Crippen LogP) is 4.38. The van der Waals surface area contributed by atoms with Gasteiger partial charge in [0.2, 0.25) is 0 Å². The molecular formula is C11H7BrClFN2. The van der Waals surface area contributed by atoms with Crippen molar-refractivity contribution in [3.63, 3.8) is 0 Å². The average molecular weight is 302 g/mol. The van der Waals surface area contributed by atoms with Crippen LogP contribution in [0, 0.1) is 5.82 Å². The smallest absolute Gasteiger partial charge is 0.148 e. The summed E-state index contributed by atoms with van der Waals surface area (Å²) in [6.07, 6.45) is 1.61. The molecule has 0 atom stereocenters. The van der Waals surface area contributed by atoms with Crippen molar-refractivity contribution in [3.8, 4) is 0 Å². The van der Waals surface area contributed by atoms with E-state index in [-0.39, 0.29) is 5.69 Å². The van der Waals surface area contributed by atoms with Gasteiger partial charge >= 0.3 is 0 Å². The molecule has 1 N–H and O–H groups in total. The van der Waals surface area contributed by atoms with Crippen molar-refractivity contribution < 1.29 is 4.39 Å². The molecule has 5 heteroatoms. The fourth-order valence-corrected chi connectivity index (χ4v) is 1.78. The Bertz CT molecular complexity index is 499. The maximum Gasteiger partial charge on any atom is 0.148 e. The summed E-state index contributed by atoms with van der Waals surface area (Å²) in [5.74, 6) is 0.111. The van der Waals surface area contributed by atoms with Gasteiger partial charge < -0.3 is 5.32 Å². The van der Waals surface area contributed by atoms with Gasteiger partial charge in [-0.15, -0.1) is 0 Å². The minimum atomic E-state index is -0.412. The third-order valence-electron chi connectivity index (χ3n) is 1.96. The molecule has 2 rings (SSSR count). The lowest BCUT2D eigenvalue weighted by Gasteiger charge is -2.09. The Morgan fingerprint density at radius 3 is 2.75 bits per heavy atom. The van der Waals surface area contributed by atoms with Crippen LogP contribution in [0.15, 0.2) is 41.0 Å². The molecule has 0 saturated heterocycles. The van der Waals surface area contributed by atoms with Crippen LogP contribution in [-0.4, -0.2) is 4.98 Å². The van der Waals surface area contributed by atoms with Gasteiger partial charge in [-0.1, -0.05) is 17.7 Å². The highest BCUT2D eigenvalue weighted by molar-refractivity contribution is 9.10. The van der Waals surface area contributed by atoms with Crippen molar-refractivity contribution in [3.05, 3.63) is 51.8 Å². The average Bonchev–Trinajstić information content (AvgIpc) is 2.26. The van der Waals surface area contributed by atoms with Gasteiger partial charge in [-0.05, 0) is 40.2 Å². The Labute approximate surface area is 106 Å². The van der Waals surface area contributed by atoms with Gasteiger partial charge in [0.25, 0.3) is 0 Å². The Balaban J connectivity index is 2.38. The SMILES string of the molecule is Fc1cccc(Cl)c1Nc1ncccc1Br. The lowest BCUT2D eigenvalue weighted by molar-refractivity contribution is 0.632. The van der Waals surface area contributed by atoms with E-state index < -0.39 is 5.82 Å². The van der Waals surface area contributed by atoms with Crippen LogP contribution in [0.3, 0.4) is 0 Å². The van der Waals surface area contributed by atoms with Crippen molar-refractivity contribution in [2.75, 3.05) is 5.32 Å². The second-order valence-electron chi connectivity index (χ2n) is 3.06. The van der Waals surface area contributed by atoms with Crippen molar-refractivity contribution >= 4 is 39.0 Å².